The summed E-state index contributed by atoms with van der Waals surface area (Å²) in [4.78, 5) is 16.6. The summed E-state index contributed by atoms with van der Waals surface area (Å²) in [7, 11) is 3.98. The van der Waals surface area contributed by atoms with Crippen molar-refractivity contribution in [1.82, 2.24) is 9.80 Å². The first-order valence-corrected chi connectivity index (χ1v) is 8.10. The normalized spacial score (nSPS) is 31.0. The topological polar surface area (TPSA) is 43.8 Å². The van der Waals surface area contributed by atoms with Crippen LogP contribution in [-0.4, -0.2) is 60.1 Å². The minimum absolute atomic E-state index is 0.310. The Morgan fingerprint density at radius 2 is 1.80 bits per heavy atom. The van der Waals surface area contributed by atoms with Crippen LogP contribution in [-0.2, 0) is 4.79 Å². The van der Waals surface area contributed by atoms with Crippen molar-refractivity contribution in [2.24, 2.45) is 11.3 Å². The van der Waals surface area contributed by atoms with E-state index in [9.17, 15) is 9.90 Å². The van der Waals surface area contributed by atoms with E-state index in [1.165, 1.54) is 25.7 Å². The quantitative estimate of drug-likeness (QED) is 0.851. The summed E-state index contributed by atoms with van der Waals surface area (Å²) in [6.45, 7) is 2.16. The van der Waals surface area contributed by atoms with E-state index in [0.717, 1.165) is 32.4 Å². The van der Waals surface area contributed by atoms with Gasteiger partial charge in [0, 0.05) is 25.6 Å². The molecule has 3 rings (SSSR count). The zero-order valence-corrected chi connectivity index (χ0v) is 12.9. The van der Waals surface area contributed by atoms with Crippen molar-refractivity contribution in [1.29, 1.82) is 0 Å². The minimum Gasteiger partial charge on any atom is -0.388 e. The van der Waals surface area contributed by atoms with E-state index in [1.54, 1.807) is 0 Å². The van der Waals surface area contributed by atoms with Gasteiger partial charge >= 0.3 is 0 Å². The van der Waals surface area contributed by atoms with Crippen molar-refractivity contribution >= 4 is 5.91 Å². The Hall–Kier alpha value is -0.610. The zero-order valence-electron chi connectivity index (χ0n) is 12.9. The van der Waals surface area contributed by atoms with Gasteiger partial charge in [0.05, 0.1) is 5.60 Å². The van der Waals surface area contributed by atoms with Crippen molar-refractivity contribution in [3.8, 4) is 0 Å². The fraction of sp³-hybridized carbons (Fsp3) is 0.938. The summed E-state index contributed by atoms with van der Waals surface area (Å²) in [5.41, 5.74) is -0.205. The smallest absolute Gasteiger partial charge is 0.226 e. The van der Waals surface area contributed by atoms with Crippen LogP contribution in [0.5, 0.6) is 0 Å². The number of likely N-dealkylation sites (N-methyl/N-ethyl adjacent to an activating group) is 1. The molecule has 3 fully saturated rings. The molecule has 0 radical (unpaired) electrons. The number of carbonyl (C=O) groups is 1. The van der Waals surface area contributed by atoms with Crippen molar-refractivity contribution in [2.45, 2.75) is 50.5 Å². The standard InChI is InChI=1S/C16H28N2O2/c1-17(2)12-16(20)7-9-18(10-8-16)14(19)13-11-15(13)5-3-4-6-15/h13,20H,3-12H2,1-2H3. The number of carbonyl (C=O) groups excluding carboxylic acids is 1. The Bertz CT molecular complexity index is 380. The molecule has 114 valence electrons. The molecule has 1 saturated heterocycles. The summed E-state index contributed by atoms with van der Waals surface area (Å²) < 4.78 is 0. The third-order valence-corrected chi connectivity index (χ3v) is 5.70. The predicted molar refractivity (Wildman–Crippen MR) is 78.3 cm³/mol. The highest BCUT2D eigenvalue weighted by atomic mass is 16.3. The molecular weight excluding hydrogens is 252 g/mol. The summed E-state index contributed by atoms with van der Waals surface area (Å²) >= 11 is 0. The lowest BCUT2D eigenvalue weighted by atomic mass is 9.90. The van der Waals surface area contributed by atoms with Crippen molar-refractivity contribution in [3.63, 3.8) is 0 Å². The van der Waals surface area contributed by atoms with Crippen LogP contribution in [0.3, 0.4) is 0 Å². The van der Waals surface area contributed by atoms with Gasteiger partial charge in [-0.15, -0.1) is 0 Å². The average molecular weight is 280 g/mol. The van der Waals surface area contributed by atoms with Crippen LogP contribution in [0.4, 0.5) is 0 Å². The molecule has 1 aliphatic heterocycles. The highest BCUT2D eigenvalue weighted by Crippen LogP contribution is 2.63. The van der Waals surface area contributed by atoms with Gasteiger partial charge in [-0.1, -0.05) is 12.8 Å². The number of aliphatic hydroxyl groups is 1. The first kappa shape index (κ1) is 14.3. The Morgan fingerprint density at radius 3 is 2.35 bits per heavy atom. The van der Waals surface area contributed by atoms with E-state index in [-0.39, 0.29) is 0 Å². The third kappa shape index (κ3) is 2.60. The highest BCUT2D eigenvalue weighted by Gasteiger charge is 2.59. The van der Waals surface area contributed by atoms with E-state index in [1.807, 2.05) is 23.9 Å². The maximum atomic E-state index is 12.6. The fourth-order valence-corrected chi connectivity index (χ4v) is 4.44. The largest absolute Gasteiger partial charge is 0.388 e. The van der Waals surface area contributed by atoms with Crippen LogP contribution in [0.2, 0.25) is 0 Å². The molecule has 2 aliphatic carbocycles. The number of hydrogen-bond donors (Lipinski definition) is 1. The van der Waals surface area contributed by atoms with Crippen LogP contribution in [0.1, 0.15) is 44.9 Å². The van der Waals surface area contributed by atoms with Gasteiger partial charge in [-0.3, -0.25) is 4.79 Å². The van der Waals surface area contributed by atoms with E-state index in [0.29, 0.717) is 23.8 Å². The summed E-state index contributed by atoms with van der Waals surface area (Å²) in [6, 6.07) is 0. The van der Waals surface area contributed by atoms with Gasteiger partial charge < -0.3 is 14.9 Å². The number of piperidine rings is 1. The second-order valence-corrected chi connectivity index (χ2v) is 7.61. The third-order valence-electron chi connectivity index (χ3n) is 5.70. The summed E-state index contributed by atoms with van der Waals surface area (Å²) in [5.74, 6) is 0.684. The summed E-state index contributed by atoms with van der Waals surface area (Å²) in [5, 5.41) is 10.5. The van der Waals surface area contributed by atoms with Gasteiger partial charge in [0.2, 0.25) is 5.91 Å². The van der Waals surface area contributed by atoms with E-state index >= 15 is 0 Å². The number of nitrogens with zero attached hydrogens (tertiary/aromatic N) is 2. The molecule has 0 aromatic heterocycles. The van der Waals surface area contributed by atoms with Crippen molar-refractivity contribution < 1.29 is 9.90 Å². The average Bonchev–Trinajstić information content (AvgIpc) is 2.86. The monoisotopic (exact) mass is 280 g/mol. The Labute approximate surface area is 122 Å². The maximum Gasteiger partial charge on any atom is 0.226 e. The second-order valence-electron chi connectivity index (χ2n) is 7.61. The van der Waals surface area contributed by atoms with Crippen molar-refractivity contribution in [2.75, 3.05) is 33.7 Å². The number of amides is 1. The van der Waals surface area contributed by atoms with Gasteiger partial charge in [0.25, 0.3) is 0 Å². The molecule has 3 aliphatic rings. The Kier molecular flexibility index (Phi) is 3.57. The number of rotatable bonds is 3. The molecule has 20 heavy (non-hydrogen) atoms. The molecule has 0 aromatic carbocycles. The molecule has 0 aromatic rings. The lowest BCUT2D eigenvalue weighted by Crippen LogP contribution is -2.51. The molecule has 1 unspecified atom stereocenters. The molecule has 0 bridgehead atoms. The second kappa shape index (κ2) is 4.99. The van der Waals surface area contributed by atoms with E-state index in [4.69, 9.17) is 0 Å². The molecule has 1 heterocycles. The van der Waals surface area contributed by atoms with Gasteiger partial charge in [-0.05, 0) is 51.6 Å². The number of likely N-dealkylation sites (tertiary alicyclic amines) is 1. The molecule has 4 nitrogen and oxygen atoms in total. The van der Waals surface area contributed by atoms with Crippen LogP contribution < -0.4 is 0 Å². The SMILES string of the molecule is CN(C)CC1(O)CCN(C(=O)C2CC23CCCC3)CC1. The predicted octanol–water partition coefficient (Wildman–Crippen LogP) is 1.48. The van der Waals surface area contributed by atoms with E-state index in [2.05, 4.69) is 0 Å². The molecule has 2 saturated carbocycles. The molecule has 4 heteroatoms. The van der Waals surface area contributed by atoms with Gasteiger partial charge in [-0.2, -0.15) is 0 Å². The first-order valence-electron chi connectivity index (χ1n) is 8.10. The van der Waals surface area contributed by atoms with Crippen LogP contribution in [0.25, 0.3) is 0 Å². The molecule has 1 atom stereocenters. The highest BCUT2D eigenvalue weighted by molar-refractivity contribution is 5.83. The Balaban J connectivity index is 1.52. The minimum atomic E-state index is -0.602. The van der Waals surface area contributed by atoms with Crippen LogP contribution >= 0.6 is 0 Å². The van der Waals surface area contributed by atoms with E-state index < -0.39 is 5.60 Å². The maximum absolute atomic E-state index is 12.6. The van der Waals surface area contributed by atoms with Gasteiger partial charge in [-0.25, -0.2) is 0 Å². The van der Waals surface area contributed by atoms with Crippen molar-refractivity contribution in [3.05, 3.63) is 0 Å². The molecule has 1 amide bonds. The lowest BCUT2D eigenvalue weighted by Gasteiger charge is -2.39. The number of hydrogen-bond acceptors (Lipinski definition) is 3. The van der Waals surface area contributed by atoms with Crippen LogP contribution in [0.15, 0.2) is 0 Å². The molecule has 1 N–H and O–H groups in total. The molecular formula is C16H28N2O2. The van der Waals surface area contributed by atoms with Gasteiger partial charge in [0.1, 0.15) is 0 Å². The zero-order chi connectivity index (χ0) is 14.4. The molecule has 1 spiro atoms. The van der Waals surface area contributed by atoms with Crippen LogP contribution in [0, 0.1) is 11.3 Å². The fourth-order valence-electron chi connectivity index (χ4n) is 4.44. The lowest BCUT2D eigenvalue weighted by molar-refractivity contribution is -0.138. The summed E-state index contributed by atoms with van der Waals surface area (Å²) in [6.07, 6.45) is 7.72. The Morgan fingerprint density at radius 1 is 1.20 bits per heavy atom. The first-order chi connectivity index (χ1) is 9.44. The van der Waals surface area contributed by atoms with Gasteiger partial charge in [0.15, 0.2) is 0 Å².